The summed E-state index contributed by atoms with van der Waals surface area (Å²) in [4.78, 5) is 0. The van der Waals surface area contributed by atoms with E-state index < -0.39 is 0 Å². The van der Waals surface area contributed by atoms with Crippen LogP contribution in [0, 0.1) is 5.75 Å². The zero-order chi connectivity index (χ0) is 19.0. The van der Waals surface area contributed by atoms with E-state index in [1.165, 1.54) is 141 Å². The van der Waals surface area contributed by atoms with E-state index in [4.69, 9.17) is 0 Å². The molecule has 0 unspecified atom stereocenters. The largest absolute Gasteiger partial charge is 0.157 e. The highest BCUT2D eigenvalue weighted by Crippen LogP contribution is 2.17. The van der Waals surface area contributed by atoms with Gasteiger partial charge in [0.2, 0.25) is 0 Å². The molecule has 0 rings (SSSR count). The lowest BCUT2D eigenvalue weighted by atomic mass is 10.0. The third kappa shape index (κ3) is 24.4. The minimum Gasteiger partial charge on any atom is -0.157 e. The lowest BCUT2D eigenvalue weighted by Gasteiger charge is -2.04. The summed E-state index contributed by atoms with van der Waals surface area (Å²) in [7, 11) is 0. The molecular weight excluding hydrogens is 332 g/mol. The highest BCUT2D eigenvalue weighted by molar-refractivity contribution is 8.01. The van der Waals surface area contributed by atoms with Crippen LogP contribution in [0.15, 0.2) is 0 Å². The molecule has 0 bridgehead atoms. The summed E-state index contributed by atoms with van der Waals surface area (Å²) in [6, 6.07) is 0. The first-order chi connectivity index (χ1) is 12.9. The fourth-order valence-corrected chi connectivity index (χ4v) is 4.43. The Morgan fingerprint density at radius 1 is 0.423 bits per heavy atom. The normalized spacial score (nSPS) is 11.3. The minimum atomic E-state index is 1.33. The van der Waals surface area contributed by atoms with E-state index in [9.17, 15) is 0 Å². The van der Waals surface area contributed by atoms with E-state index in [2.05, 4.69) is 31.4 Å². The maximum Gasteiger partial charge on any atom is 0.0166 e. The zero-order valence-corrected chi connectivity index (χ0v) is 19.4. The summed E-state index contributed by atoms with van der Waals surface area (Å²) in [5.74, 6) is 3.84. The van der Waals surface area contributed by atoms with Gasteiger partial charge in [0.25, 0.3) is 0 Å². The standard InChI is InChI=1S/C25H51S/c1-3-5-7-9-11-12-13-14-15-16-17-19-21-23-25-26-24-22-20-18-10-8-6-4-2/h25H,3-24H2,1-2H3. The highest BCUT2D eigenvalue weighted by atomic mass is 32.2. The van der Waals surface area contributed by atoms with Crippen LogP contribution in [0.5, 0.6) is 0 Å². The van der Waals surface area contributed by atoms with E-state index in [0.29, 0.717) is 0 Å². The van der Waals surface area contributed by atoms with Gasteiger partial charge in [0.05, 0.1) is 0 Å². The predicted octanol–water partition coefficient (Wildman–Crippen LogP) is 10.1. The van der Waals surface area contributed by atoms with Crippen LogP contribution in [0.2, 0.25) is 0 Å². The summed E-state index contributed by atoms with van der Waals surface area (Å²) < 4.78 is 0. The zero-order valence-electron chi connectivity index (χ0n) is 18.5. The van der Waals surface area contributed by atoms with Gasteiger partial charge in [0.15, 0.2) is 0 Å². The molecule has 0 nitrogen and oxygen atoms in total. The Hall–Kier alpha value is 0.350. The van der Waals surface area contributed by atoms with E-state index in [1.54, 1.807) is 0 Å². The lowest BCUT2D eigenvalue weighted by molar-refractivity contribution is 0.540. The Morgan fingerprint density at radius 2 is 0.769 bits per heavy atom. The maximum atomic E-state index is 2.48. The molecule has 0 aliphatic carbocycles. The fourth-order valence-electron chi connectivity index (χ4n) is 3.55. The van der Waals surface area contributed by atoms with Gasteiger partial charge in [-0.2, -0.15) is 11.8 Å². The molecule has 0 saturated heterocycles. The molecule has 0 fully saturated rings. The lowest BCUT2D eigenvalue weighted by Crippen LogP contribution is -1.84. The number of thioether (sulfide) groups is 1. The van der Waals surface area contributed by atoms with Gasteiger partial charge in [0.1, 0.15) is 0 Å². The maximum absolute atomic E-state index is 2.48. The number of rotatable bonds is 23. The molecule has 0 aromatic carbocycles. The molecule has 0 aromatic rings. The van der Waals surface area contributed by atoms with Crippen LogP contribution in [-0.4, -0.2) is 5.75 Å². The van der Waals surface area contributed by atoms with E-state index in [1.807, 2.05) is 0 Å². The second-order valence-corrected chi connectivity index (χ2v) is 9.27. The van der Waals surface area contributed by atoms with Crippen LogP contribution >= 0.6 is 11.8 Å². The van der Waals surface area contributed by atoms with Gasteiger partial charge in [0, 0.05) is 5.75 Å². The van der Waals surface area contributed by atoms with Crippen LogP contribution in [0.25, 0.3) is 0 Å². The average Bonchev–Trinajstić information content (AvgIpc) is 2.66. The molecule has 1 radical (unpaired) electrons. The van der Waals surface area contributed by atoms with E-state index in [-0.39, 0.29) is 0 Å². The van der Waals surface area contributed by atoms with Crippen LogP contribution in [0.1, 0.15) is 149 Å². The van der Waals surface area contributed by atoms with Gasteiger partial charge in [-0.1, -0.05) is 136 Å². The summed E-state index contributed by atoms with van der Waals surface area (Å²) in [6.45, 7) is 4.60. The van der Waals surface area contributed by atoms with E-state index >= 15 is 0 Å². The Balaban J connectivity index is 2.95. The number of unbranched alkanes of at least 4 members (excludes halogenated alkanes) is 19. The monoisotopic (exact) mass is 383 g/mol. The van der Waals surface area contributed by atoms with Gasteiger partial charge < -0.3 is 0 Å². The molecular formula is C25H51S. The Labute approximate surface area is 172 Å². The third-order valence-electron chi connectivity index (χ3n) is 5.41. The first kappa shape index (κ1) is 26.4. The van der Waals surface area contributed by atoms with E-state index in [0.717, 1.165) is 0 Å². The second kappa shape index (κ2) is 25.4. The molecule has 0 amide bonds. The van der Waals surface area contributed by atoms with Crippen LogP contribution < -0.4 is 0 Å². The highest BCUT2D eigenvalue weighted by Gasteiger charge is 1.96. The van der Waals surface area contributed by atoms with Gasteiger partial charge >= 0.3 is 0 Å². The first-order valence-corrected chi connectivity index (χ1v) is 13.4. The molecule has 0 aliphatic rings. The topological polar surface area (TPSA) is 0 Å². The Kier molecular flexibility index (Phi) is 25.7. The minimum absolute atomic E-state index is 1.33. The molecule has 0 heterocycles. The van der Waals surface area contributed by atoms with Crippen LogP contribution in [0.4, 0.5) is 0 Å². The third-order valence-corrected chi connectivity index (χ3v) is 6.40. The van der Waals surface area contributed by atoms with Gasteiger partial charge in [-0.05, 0) is 18.6 Å². The van der Waals surface area contributed by atoms with Crippen molar-refractivity contribution in [1.82, 2.24) is 0 Å². The van der Waals surface area contributed by atoms with Gasteiger partial charge in [-0.15, -0.1) is 0 Å². The van der Waals surface area contributed by atoms with Crippen molar-refractivity contribution in [3.8, 4) is 0 Å². The van der Waals surface area contributed by atoms with Crippen LogP contribution in [-0.2, 0) is 0 Å². The van der Waals surface area contributed by atoms with Crippen molar-refractivity contribution < 1.29 is 0 Å². The first-order valence-electron chi connectivity index (χ1n) is 12.3. The van der Waals surface area contributed by atoms with Crippen molar-refractivity contribution in [1.29, 1.82) is 0 Å². The van der Waals surface area contributed by atoms with Crippen molar-refractivity contribution in [3.63, 3.8) is 0 Å². The molecule has 0 aliphatic heterocycles. The van der Waals surface area contributed by atoms with Gasteiger partial charge in [-0.25, -0.2) is 0 Å². The van der Waals surface area contributed by atoms with Crippen molar-refractivity contribution >= 4 is 11.8 Å². The molecule has 1 heteroatoms. The fraction of sp³-hybridized carbons (Fsp3) is 0.960. The molecule has 0 N–H and O–H groups in total. The smallest absolute Gasteiger partial charge is 0.0166 e. The molecule has 0 aromatic heterocycles. The van der Waals surface area contributed by atoms with Crippen molar-refractivity contribution in [2.75, 3.05) is 5.75 Å². The number of hydrogen-bond donors (Lipinski definition) is 0. The Morgan fingerprint density at radius 3 is 1.19 bits per heavy atom. The van der Waals surface area contributed by atoms with Crippen molar-refractivity contribution in [2.45, 2.75) is 149 Å². The van der Waals surface area contributed by atoms with Crippen LogP contribution in [0.3, 0.4) is 0 Å². The summed E-state index contributed by atoms with van der Waals surface area (Å²) in [5, 5.41) is 0. The van der Waals surface area contributed by atoms with Gasteiger partial charge in [-0.3, -0.25) is 0 Å². The SMILES string of the molecule is CCCCCCCCCCCCCCC[CH]SCCCCCCCCC. The number of hydrogen-bond acceptors (Lipinski definition) is 1. The molecule has 157 valence electrons. The summed E-state index contributed by atoms with van der Waals surface area (Å²) in [5.41, 5.74) is 0. The second-order valence-electron chi connectivity index (χ2n) is 8.19. The quantitative estimate of drug-likeness (QED) is 0.158. The summed E-state index contributed by atoms with van der Waals surface area (Å²) >= 11 is 2.08. The summed E-state index contributed by atoms with van der Waals surface area (Å²) in [6.07, 6.45) is 30.3. The van der Waals surface area contributed by atoms with Crippen molar-refractivity contribution in [3.05, 3.63) is 5.75 Å². The molecule has 0 saturated carbocycles. The molecule has 0 atom stereocenters. The molecule has 0 spiro atoms. The molecule has 26 heavy (non-hydrogen) atoms. The predicted molar refractivity (Wildman–Crippen MR) is 125 cm³/mol. The average molecular weight is 384 g/mol. The Bertz CT molecular complexity index is 202. The van der Waals surface area contributed by atoms with Crippen molar-refractivity contribution in [2.24, 2.45) is 0 Å².